The molecule has 3 rings (SSSR count). The topological polar surface area (TPSA) is 122 Å². The van der Waals surface area contributed by atoms with Gasteiger partial charge in [-0.05, 0) is 12.0 Å². The van der Waals surface area contributed by atoms with Crippen molar-refractivity contribution in [2.45, 2.75) is 37.3 Å². The SMILES string of the molecule is CC[C@@]12CO[C@@H]([C@H](n3ccc(=O)[nH]c3=O)O1)[C@@H]2N=[N+]=[N-]. The fourth-order valence-electron chi connectivity index (χ4n) is 2.83. The molecule has 20 heavy (non-hydrogen) atoms. The second-order valence-electron chi connectivity index (χ2n) is 4.87. The van der Waals surface area contributed by atoms with E-state index in [-0.39, 0.29) is 0 Å². The third-order valence-electron chi connectivity index (χ3n) is 3.91. The van der Waals surface area contributed by atoms with Crippen molar-refractivity contribution in [1.82, 2.24) is 9.55 Å². The van der Waals surface area contributed by atoms with Crippen LogP contribution in [0.4, 0.5) is 0 Å². The van der Waals surface area contributed by atoms with Crippen molar-refractivity contribution < 1.29 is 9.47 Å². The summed E-state index contributed by atoms with van der Waals surface area (Å²) in [6, 6.07) is 0.749. The van der Waals surface area contributed by atoms with Crippen LogP contribution in [0.25, 0.3) is 10.4 Å². The van der Waals surface area contributed by atoms with Crippen LogP contribution >= 0.6 is 0 Å². The lowest BCUT2D eigenvalue weighted by Crippen LogP contribution is -2.41. The van der Waals surface area contributed by atoms with Gasteiger partial charge < -0.3 is 9.47 Å². The molecular formula is C11H13N5O4. The molecule has 9 heteroatoms. The molecule has 0 aromatic carbocycles. The minimum Gasteiger partial charge on any atom is -0.370 e. The Balaban J connectivity index is 2.04. The minimum absolute atomic E-state index is 0.326. The molecule has 2 bridgehead atoms. The summed E-state index contributed by atoms with van der Waals surface area (Å²) in [5.74, 6) is 0. The predicted octanol–water partition coefficient (Wildman–Crippen LogP) is 0.292. The number of rotatable bonds is 3. The Morgan fingerprint density at radius 2 is 2.45 bits per heavy atom. The highest BCUT2D eigenvalue weighted by molar-refractivity contribution is 5.10. The van der Waals surface area contributed by atoms with E-state index in [1.165, 1.54) is 16.8 Å². The molecule has 4 atom stereocenters. The molecular weight excluding hydrogens is 266 g/mol. The predicted molar refractivity (Wildman–Crippen MR) is 67.1 cm³/mol. The number of H-pyrrole nitrogens is 1. The van der Waals surface area contributed by atoms with Gasteiger partial charge in [0.15, 0.2) is 6.23 Å². The molecule has 0 amide bonds. The monoisotopic (exact) mass is 279 g/mol. The molecule has 0 aliphatic carbocycles. The Labute approximate surface area is 112 Å². The fourth-order valence-corrected chi connectivity index (χ4v) is 2.83. The summed E-state index contributed by atoms with van der Waals surface area (Å²) in [5, 5.41) is 3.76. The average molecular weight is 279 g/mol. The van der Waals surface area contributed by atoms with Crippen molar-refractivity contribution in [3.8, 4) is 0 Å². The summed E-state index contributed by atoms with van der Waals surface area (Å²) >= 11 is 0. The van der Waals surface area contributed by atoms with Gasteiger partial charge in [0.05, 0.1) is 12.6 Å². The maximum Gasteiger partial charge on any atom is 0.330 e. The van der Waals surface area contributed by atoms with Crippen LogP contribution in [0.5, 0.6) is 0 Å². The fraction of sp³-hybridized carbons (Fsp3) is 0.636. The lowest BCUT2D eigenvalue weighted by Gasteiger charge is -2.30. The smallest absolute Gasteiger partial charge is 0.330 e. The van der Waals surface area contributed by atoms with Gasteiger partial charge >= 0.3 is 5.69 Å². The highest BCUT2D eigenvalue weighted by atomic mass is 16.6. The molecule has 0 saturated carbocycles. The van der Waals surface area contributed by atoms with Gasteiger partial charge in [-0.3, -0.25) is 14.3 Å². The lowest BCUT2D eigenvalue weighted by molar-refractivity contribution is -0.174. The molecule has 0 unspecified atom stereocenters. The molecule has 9 nitrogen and oxygen atoms in total. The number of nitrogens with one attached hydrogen (secondary N) is 1. The summed E-state index contributed by atoms with van der Waals surface area (Å²) in [4.78, 5) is 27.9. The van der Waals surface area contributed by atoms with E-state index in [2.05, 4.69) is 15.0 Å². The van der Waals surface area contributed by atoms with Gasteiger partial charge in [0.2, 0.25) is 0 Å². The van der Waals surface area contributed by atoms with Crippen molar-refractivity contribution in [3.63, 3.8) is 0 Å². The van der Waals surface area contributed by atoms with Crippen molar-refractivity contribution in [2.75, 3.05) is 6.61 Å². The van der Waals surface area contributed by atoms with Crippen LogP contribution in [0.1, 0.15) is 19.6 Å². The first-order chi connectivity index (χ1) is 9.61. The third-order valence-corrected chi connectivity index (χ3v) is 3.91. The van der Waals surface area contributed by atoms with Crippen molar-refractivity contribution in [3.05, 3.63) is 43.5 Å². The Bertz CT molecular complexity index is 691. The number of fused-ring (bicyclic) bond motifs is 2. The number of aromatic amines is 1. The highest BCUT2D eigenvalue weighted by Gasteiger charge is 2.60. The molecule has 2 aliphatic heterocycles. The van der Waals surface area contributed by atoms with Gasteiger partial charge in [-0.25, -0.2) is 4.79 Å². The lowest BCUT2D eigenvalue weighted by atomic mass is 9.94. The second kappa shape index (κ2) is 4.48. The number of hydrogen-bond acceptors (Lipinski definition) is 5. The maximum atomic E-state index is 11.8. The summed E-state index contributed by atoms with van der Waals surface area (Å²) in [6.45, 7) is 2.23. The zero-order valence-electron chi connectivity index (χ0n) is 10.7. The standard InChI is InChI=1S/C11H13N5O4/c1-2-11-5-19-7(8(11)14-15-12)9(20-11)16-4-3-6(17)13-10(16)18/h3-4,7-9H,2,5H2,1H3,(H,13,17,18)/t7-,8+,9-,11+/m1/s1. The minimum atomic E-state index is -0.711. The first-order valence-corrected chi connectivity index (χ1v) is 6.26. The van der Waals surface area contributed by atoms with Gasteiger partial charge in [0.25, 0.3) is 5.56 Å². The van der Waals surface area contributed by atoms with E-state index in [9.17, 15) is 9.59 Å². The van der Waals surface area contributed by atoms with Crippen LogP contribution in [-0.2, 0) is 9.47 Å². The number of hydrogen-bond donors (Lipinski definition) is 1. The molecule has 1 aromatic rings. The van der Waals surface area contributed by atoms with E-state index in [1.54, 1.807) is 0 Å². The number of nitrogens with zero attached hydrogens (tertiary/aromatic N) is 4. The summed E-state index contributed by atoms with van der Waals surface area (Å²) in [6.07, 6.45) is 0.715. The zero-order chi connectivity index (χ0) is 14.3. The molecule has 0 radical (unpaired) electrons. The normalized spacial score (nSPS) is 35.0. The summed E-state index contributed by atoms with van der Waals surface area (Å²) in [7, 11) is 0. The number of azide groups is 1. The van der Waals surface area contributed by atoms with E-state index in [4.69, 9.17) is 15.0 Å². The molecule has 2 aliphatic rings. The van der Waals surface area contributed by atoms with E-state index in [0.29, 0.717) is 13.0 Å². The van der Waals surface area contributed by atoms with Gasteiger partial charge in [0, 0.05) is 17.2 Å². The second-order valence-corrected chi connectivity index (χ2v) is 4.87. The molecule has 0 spiro atoms. The largest absolute Gasteiger partial charge is 0.370 e. The molecule has 1 N–H and O–H groups in total. The van der Waals surface area contributed by atoms with Crippen LogP contribution in [-0.4, -0.2) is 33.9 Å². The summed E-state index contributed by atoms with van der Waals surface area (Å²) < 4.78 is 12.8. The van der Waals surface area contributed by atoms with Crippen LogP contribution in [0, 0.1) is 0 Å². The van der Waals surface area contributed by atoms with Crippen molar-refractivity contribution in [2.24, 2.45) is 5.11 Å². The number of ether oxygens (including phenoxy) is 2. The van der Waals surface area contributed by atoms with Gasteiger partial charge in [0.1, 0.15) is 11.7 Å². The van der Waals surface area contributed by atoms with Crippen molar-refractivity contribution >= 4 is 0 Å². The molecule has 106 valence electrons. The van der Waals surface area contributed by atoms with E-state index < -0.39 is 35.2 Å². The van der Waals surface area contributed by atoms with Crippen LogP contribution < -0.4 is 11.2 Å². The van der Waals surface area contributed by atoms with Crippen LogP contribution in [0.2, 0.25) is 0 Å². The Morgan fingerprint density at radius 1 is 1.65 bits per heavy atom. The third kappa shape index (κ3) is 1.68. The molecule has 2 saturated heterocycles. The number of aromatic nitrogens is 2. The van der Waals surface area contributed by atoms with E-state index in [1.807, 2.05) is 6.92 Å². The van der Waals surface area contributed by atoms with E-state index in [0.717, 1.165) is 0 Å². The molecule has 3 heterocycles. The maximum absolute atomic E-state index is 11.8. The Morgan fingerprint density at radius 3 is 3.10 bits per heavy atom. The van der Waals surface area contributed by atoms with Gasteiger partial charge in [-0.2, -0.15) is 0 Å². The highest BCUT2D eigenvalue weighted by Crippen LogP contribution is 2.47. The Hall–Kier alpha value is -2.09. The van der Waals surface area contributed by atoms with E-state index >= 15 is 0 Å². The molecule has 2 fully saturated rings. The molecule has 1 aromatic heterocycles. The first kappa shape index (κ1) is 12.9. The van der Waals surface area contributed by atoms with Gasteiger partial charge in [-0.15, -0.1) is 0 Å². The zero-order valence-corrected chi connectivity index (χ0v) is 10.7. The summed E-state index contributed by atoms with van der Waals surface area (Å²) in [5.41, 5.74) is 6.91. The average Bonchev–Trinajstić information content (AvgIpc) is 2.92. The Kier molecular flexibility index (Phi) is 2.89. The van der Waals surface area contributed by atoms with Crippen LogP contribution in [0.3, 0.4) is 0 Å². The van der Waals surface area contributed by atoms with Crippen molar-refractivity contribution in [1.29, 1.82) is 0 Å². The van der Waals surface area contributed by atoms with Gasteiger partial charge in [-0.1, -0.05) is 12.0 Å². The quantitative estimate of drug-likeness (QED) is 0.485. The van der Waals surface area contributed by atoms with Crippen LogP contribution in [0.15, 0.2) is 27.0 Å². The first-order valence-electron chi connectivity index (χ1n) is 6.26.